The van der Waals surface area contributed by atoms with Gasteiger partial charge in [-0.25, -0.2) is 0 Å². The lowest BCUT2D eigenvalue weighted by Gasteiger charge is -2.28. The van der Waals surface area contributed by atoms with Crippen LogP contribution in [0.25, 0.3) is 16.8 Å². The fourth-order valence-electron chi connectivity index (χ4n) is 3.30. The molecular weight excluding hydrogens is 284 g/mol. The first-order valence-corrected chi connectivity index (χ1v) is 8.08. The number of carbonyl (C=O) groups excluding carboxylic acids is 1. The van der Waals surface area contributed by atoms with Gasteiger partial charge in [-0.3, -0.25) is 4.79 Å². The second kappa shape index (κ2) is 4.70. The maximum Gasteiger partial charge on any atom is 0.190 e. The molecular formula is C21H24O2. The smallest absolute Gasteiger partial charge is 0.190 e. The van der Waals surface area contributed by atoms with Gasteiger partial charge in [-0.15, -0.1) is 0 Å². The fraction of sp³-hybridized carbons (Fsp3) is 0.381. The number of hydrogen-bond donors (Lipinski definition) is 1. The minimum atomic E-state index is -0.212. The van der Waals surface area contributed by atoms with Crippen LogP contribution in [0.2, 0.25) is 0 Å². The van der Waals surface area contributed by atoms with E-state index < -0.39 is 0 Å². The van der Waals surface area contributed by atoms with Gasteiger partial charge in [-0.2, -0.15) is 0 Å². The third-order valence-electron chi connectivity index (χ3n) is 4.57. The van der Waals surface area contributed by atoms with Crippen LogP contribution in [-0.2, 0) is 5.41 Å². The molecule has 0 atom stereocenters. The van der Waals surface area contributed by atoms with Crippen LogP contribution in [0.15, 0.2) is 29.8 Å². The lowest BCUT2D eigenvalue weighted by atomic mass is 9.75. The van der Waals surface area contributed by atoms with Crippen molar-refractivity contribution in [3.63, 3.8) is 0 Å². The first kappa shape index (κ1) is 15.8. The number of hydrogen-bond acceptors (Lipinski definition) is 2. The third-order valence-corrected chi connectivity index (χ3v) is 4.57. The van der Waals surface area contributed by atoms with Gasteiger partial charge in [-0.1, -0.05) is 59.7 Å². The minimum Gasteiger partial charge on any atom is -0.507 e. The van der Waals surface area contributed by atoms with Crippen LogP contribution in [-0.4, -0.2) is 10.9 Å². The highest BCUT2D eigenvalue weighted by Gasteiger charge is 2.31. The fourth-order valence-corrected chi connectivity index (χ4v) is 3.30. The summed E-state index contributed by atoms with van der Waals surface area (Å²) in [5.74, 6) is 0.358. The molecule has 2 aromatic rings. The number of phenols is 1. The Morgan fingerprint density at radius 3 is 2.17 bits per heavy atom. The van der Waals surface area contributed by atoms with E-state index in [1.807, 2.05) is 30.3 Å². The van der Waals surface area contributed by atoms with Crippen molar-refractivity contribution in [1.82, 2.24) is 0 Å². The molecule has 1 aliphatic rings. The average molecular weight is 308 g/mol. The highest BCUT2D eigenvalue weighted by atomic mass is 16.3. The van der Waals surface area contributed by atoms with Crippen LogP contribution in [0, 0.1) is 5.41 Å². The summed E-state index contributed by atoms with van der Waals surface area (Å²) in [5.41, 5.74) is 3.08. The van der Waals surface area contributed by atoms with Crippen LogP contribution in [0.4, 0.5) is 0 Å². The van der Waals surface area contributed by atoms with E-state index in [0.29, 0.717) is 11.3 Å². The van der Waals surface area contributed by atoms with Crippen molar-refractivity contribution in [1.29, 1.82) is 0 Å². The SMILES string of the molecule is CC(C)(C)C1=Cc2cc(C(C)(C)C)c(O)c3cccc(c23)C1=O. The summed E-state index contributed by atoms with van der Waals surface area (Å²) in [6.07, 6.45) is 2.01. The molecule has 0 bridgehead atoms. The highest BCUT2D eigenvalue weighted by Crippen LogP contribution is 2.44. The zero-order valence-corrected chi connectivity index (χ0v) is 14.7. The lowest BCUT2D eigenvalue weighted by molar-refractivity contribution is 0.101. The van der Waals surface area contributed by atoms with Crippen LogP contribution >= 0.6 is 0 Å². The topological polar surface area (TPSA) is 37.3 Å². The Hall–Kier alpha value is -2.09. The molecule has 0 unspecified atom stereocenters. The molecule has 0 aromatic heterocycles. The molecule has 2 aromatic carbocycles. The van der Waals surface area contributed by atoms with Gasteiger partial charge >= 0.3 is 0 Å². The number of benzene rings is 2. The molecule has 0 amide bonds. The summed E-state index contributed by atoms with van der Waals surface area (Å²) >= 11 is 0. The maximum absolute atomic E-state index is 12.9. The first-order valence-electron chi connectivity index (χ1n) is 8.08. The van der Waals surface area contributed by atoms with Crippen LogP contribution in [0.5, 0.6) is 5.75 Å². The zero-order chi connectivity index (χ0) is 17.2. The van der Waals surface area contributed by atoms with Gasteiger partial charge in [0, 0.05) is 27.5 Å². The number of aromatic hydroxyl groups is 1. The van der Waals surface area contributed by atoms with Gasteiger partial charge in [0.1, 0.15) is 5.75 Å². The summed E-state index contributed by atoms with van der Waals surface area (Å²) in [6, 6.07) is 7.66. The Labute approximate surface area is 137 Å². The van der Waals surface area contributed by atoms with E-state index in [2.05, 4.69) is 41.5 Å². The normalized spacial score (nSPS) is 15.0. The van der Waals surface area contributed by atoms with Gasteiger partial charge in [-0.05, 0) is 28.5 Å². The number of ketones is 1. The molecule has 23 heavy (non-hydrogen) atoms. The zero-order valence-electron chi connectivity index (χ0n) is 14.7. The quantitative estimate of drug-likeness (QED) is 0.700. The molecule has 0 fully saturated rings. The molecule has 0 heterocycles. The van der Waals surface area contributed by atoms with Gasteiger partial charge in [0.2, 0.25) is 0 Å². The number of allylic oxidation sites excluding steroid dienone is 1. The molecule has 2 nitrogen and oxygen atoms in total. The Kier molecular flexibility index (Phi) is 3.23. The molecule has 1 aliphatic carbocycles. The summed E-state index contributed by atoms with van der Waals surface area (Å²) in [7, 11) is 0. The van der Waals surface area contributed by atoms with Crippen LogP contribution < -0.4 is 0 Å². The van der Waals surface area contributed by atoms with Gasteiger partial charge in [0.25, 0.3) is 0 Å². The molecule has 0 saturated carbocycles. The van der Waals surface area contributed by atoms with Crippen molar-refractivity contribution in [3.05, 3.63) is 46.5 Å². The van der Waals surface area contributed by atoms with Crippen molar-refractivity contribution in [2.75, 3.05) is 0 Å². The summed E-state index contributed by atoms with van der Waals surface area (Å²) in [4.78, 5) is 12.9. The van der Waals surface area contributed by atoms with Gasteiger partial charge < -0.3 is 5.11 Å². The van der Waals surface area contributed by atoms with Gasteiger partial charge in [0.05, 0.1) is 0 Å². The summed E-state index contributed by atoms with van der Waals surface area (Å²) in [5, 5.41) is 12.4. The largest absolute Gasteiger partial charge is 0.507 e. The van der Waals surface area contributed by atoms with E-state index in [-0.39, 0.29) is 16.6 Å². The van der Waals surface area contributed by atoms with E-state index in [1.54, 1.807) is 0 Å². The minimum absolute atomic E-state index is 0.0681. The second-order valence-electron chi connectivity index (χ2n) is 8.48. The predicted octanol–water partition coefficient (Wildman–Crippen LogP) is 5.47. The van der Waals surface area contributed by atoms with Crippen LogP contribution in [0.1, 0.15) is 63.0 Å². The molecule has 0 aliphatic heterocycles. The number of phenolic OH excluding ortho intramolecular Hbond substituents is 1. The lowest BCUT2D eigenvalue weighted by Crippen LogP contribution is -2.21. The third kappa shape index (κ3) is 2.37. The summed E-state index contributed by atoms with van der Waals surface area (Å²) in [6.45, 7) is 12.5. The van der Waals surface area contributed by atoms with Crippen molar-refractivity contribution >= 4 is 22.6 Å². The Morgan fingerprint density at radius 1 is 0.957 bits per heavy atom. The number of Topliss-reactive ketones (excluding diaryl/α,β-unsaturated/α-hetero) is 1. The highest BCUT2D eigenvalue weighted by molar-refractivity contribution is 6.24. The van der Waals surface area contributed by atoms with Crippen molar-refractivity contribution in [2.45, 2.75) is 47.0 Å². The number of rotatable bonds is 0. The maximum atomic E-state index is 12.9. The van der Waals surface area contributed by atoms with Gasteiger partial charge in [0.15, 0.2) is 5.78 Å². The molecule has 1 N–H and O–H groups in total. The van der Waals surface area contributed by atoms with E-state index in [4.69, 9.17) is 0 Å². The molecule has 0 radical (unpaired) electrons. The van der Waals surface area contributed by atoms with E-state index in [1.165, 1.54) is 0 Å². The average Bonchev–Trinajstić information content (AvgIpc) is 2.42. The number of carbonyl (C=O) groups is 1. The standard InChI is InChI=1S/C21H24O2/c1-20(2,3)15-10-12-11-16(21(4,5)6)19(23)14-9-7-8-13(17(12)14)18(15)22/h7-11,22H,1-6H3. The second-order valence-corrected chi connectivity index (χ2v) is 8.48. The van der Waals surface area contributed by atoms with E-state index in [0.717, 1.165) is 27.5 Å². The Balaban J connectivity index is 2.45. The molecule has 120 valence electrons. The Bertz CT molecular complexity index is 856. The molecule has 0 saturated heterocycles. The monoisotopic (exact) mass is 308 g/mol. The van der Waals surface area contributed by atoms with Crippen molar-refractivity contribution in [2.24, 2.45) is 5.41 Å². The summed E-state index contributed by atoms with van der Waals surface area (Å²) < 4.78 is 0. The van der Waals surface area contributed by atoms with Crippen molar-refractivity contribution in [3.8, 4) is 5.75 Å². The molecule has 0 spiro atoms. The Morgan fingerprint density at radius 2 is 1.61 bits per heavy atom. The molecule has 2 heteroatoms. The van der Waals surface area contributed by atoms with Crippen molar-refractivity contribution < 1.29 is 9.90 Å². The van der Waals surface area contributed by atoms with E-state index >= 15 is 0 Å². The predicted molar refractivity (Wildman–Crippen MR) is 96.1 cm³/mol. The molecule has 3 rings (SSSR count). The van der Waals surface area contributed by atoms with E-state index in [9.17, 15) is 9.90 Å². The first-order chi connectivity index (χ1) is 10.5. The van der Waals surface area contributed by atoms with Crippen LogP contribution in [0.3, 0.4) is 0 Å².